The lowest BCUT2D eigenvalue weighted by Gasteiger charge is -2.27. The van der Waals surface area contributed by atoms with Crippen molar-refractivity contribution < 1.29 is 4.79 Å². The quantitative estimate of drug-likeness (QED) is 0.681. The molecule has 1 amide bonds. The minimum Gasteiger partial charge on any atom is -0.303 e. The van der Waals surface area contributed by atoms with E-state index in [0.717, 1.165) is 11.4 Å². The van der Waals surface area contributed by atoms with Crippen LogP contribution >= 0.6 is 0 Å². The van der Waals surface area contributed by atoms with Gasteiger partial charge in [0.1, 0.15) is 5.84 Å². The van der Waals surface area contributed by atoms with Crippen molar-refractivity contribution in [2.45, 2.75) is 12.8 Å². The van der Waals surface area contributed by atoms with Gasteiger partial charge >= 0.3 is 0 Å². The van der Waals surface area contributed by atoms with Crippen molar-refractivity contribution in [3.63, 3.8) is 0 Å². The van der Waals surface area contributed by atoms with Gasteiger partial charge in [-0.1, -0.05) is 30.3 Å². The summed E-state index contributed by atoms with van der Waals surface area (Å²) >= 11 is 0. The van der Waals surface area contributed by atoms with E-state index in [2.05, 4.69) is 4.99 Å². The number of carbonyl (C=O) groups excluding carboxylic acids is 1. The van der Waals surface area contributed by atoms with Crippen molar-refractivity contribution in [2.75, 3.05) is 13.6 Å². The fourth-order valence-corrected chi connectivity index (χ4v) is 1.73. The summed E-state index contributed by atoms with van der Waals surface area (Å²) in [5.41, 5.74) is 1.05. The Kier molecular flexibility index (Phi) is 2.54. The van der Waals surface area contributed by atoms with Gasteiger partial charge in [0, 0.05) is 7.05 Å². The second kappa shape index (κ2) is 3.85. The van der Waals surface area contributed by atoms with E-state index in [1.54, 1.807) is 11.9 Å². The summed E-state index contributed by atoms with van der Waals surface area (Å²) in [7, 11) is 1.77. The average Bonchev–Trinajstić information content (AvgIpc) is 2.27. The first-order valence-corrected chi connectivity index (χ1v) is 5.03. The molecule has 15 heavy (non-hydrogen) atoms. The molecule has 1 aromatic carbocycles. The highest BCUT2D eigenvalue weighted by molar-refractivity contribution is 6.01. The van der Waals surface area contributed by atoms with Crippen LogP contribution in [0.4, 0.5) is 0 Å². The van der Waals surface area contributed by atoms with Crippen LogP contribution in [0, 0.1) is 0 Å². The normalized spacial score (nSPS) is 21.5. The van der Waals surface area contributed by atoms with Crippen LogP contribution in [-0.2, 0) is 4.79 Å². The molecule has 1 atom stereocenters. The molecule has 1 aromatic rings. The number of amidine groups is 1. The number of amides is 1. The van der Waals surface area contributed by atoms with Crippen molar-refractivity contribution in [1.29, 1.82) is 0 Å². The van der Waals surface area contributed by atoms with Crippen molar-refractivity contribution in [3.05, 3.63) is 35.9 Å². The Morgan fingerprint density at radius 2 is 2.00 bits per heavy atom. The minimum absolute atomic E-state index is 0.111. The fourth-order valence-electron chi connectivity index (χ4n) is 1.73. The molecular formula is C12H14N2O. The van der Waals surface area contributed by atoms with Crippen LogP contribution in [0.25, 0.3) is 0 Å². The van der Waals surface area contributed by atoms with Gasteiger partial charge < -0.3 is 4.90 Å². The van der Waals surface area contributed by atoms with E-state index in [9.17, 15) is 4.79 Å². The molecule has 78 valence electrons. The van der Waals surface area contributed by atoms with Gasteiger partial charge in [0.05, 0.1) is 12.5 Å². The van der Waals surface area contributed by atoms with Gasteiger partial charge in [-0.3, -0.25) is 9.79 Å². The average molecular weight is 202 g/mol. The molecule has 1 aliphatic rings. The standard InChI is InChI=1S/C12H14N2O/c1-9-13-8-11(12(15)14(9)2)10-6-4-3-5-7-10/h3-7,11H,8H2,1-2H3. The Morgan fingerprint density at radius 3 is 2.67 bits per heavy atom. The van der Waals surface area contributed by atoms with Gasteiger partial charge in [-0.05, 0) is 12.5 Å². The summed E-state index contributed by atoms with van der Waals surface area (Å²) < 4.78 is 0. The Bertz CT molecular complexity index is 397. The van der Waals surface area contributed by atoms with Crippen LogP contribution in [0.2, 0.25) is 0 Å². The third-order valence-electron chi connectivity index (χ3n) is 2.82. The molecular weight excluding hydrogens is 188 g/mol. The third-order valence-corrected chi connectivity index (χ3v) is 2.82. The number of aliphatic imine (C=N–C) groups is 1. The predicted octanol–water partition coefficient (Wildman–Crippen LogP) is 1.66. The SMILES string of the molecule is CC1=NCC(c2ccccc2)C(=O)N1C. The monoisotopic (exact) mass is 202 g/mol. The maximum absolute atomic E-state index is 12.0. The summed E-state index contributed by atoms with van der Waals surface area (Å²) in [5, 5.41) is 0. The second-order valence-corrected chi connectivity index (χ2v) is 3.75. The Morgan fingerprint density at radius 1 is 1.33 bits per heavy atom. The molecule has 0 aromatic heterocycles. The van der Waals surface area contributed by atoms with Crippen molar-refractivity contribution >= 4 is 11.7 Å². The van der Waals surface area contributed by atoms with Crippen molar-refractivity contribution in [1.82, 2.24) is 4.90 Å². The summed E-state index contributed by atoms with van der Waals surface area (Å²) in [6.07, 6.45) is 0. The van der Waals surface area contributed by atoms with E-state index in [1.165, 1.54) is 0 Å². The number of likely N-dealkylation sites (N-methyl/N-ethyl adjacent to an activating group) is 1. The lowest BCUT2D eigenvalue weighted by Crippen LogP contribution is -2.40. The van der Waals surface area contributed by atoms with Gasteiger partial charge in [0.15, 0.2) is 0 Å². The number of benzene rings is 1. The predicted molar refractivity (Wildman–Crippen MR) is 59.9 cm³/mol. The van der Waals surface area contributed by atoms with Crippen molar-refractivity contribution in [2.24, 2.45) is 4.99 Å². The van der Waals surface area contributed by atoms with Crippen LogP contribution < -0.4 is 0 Å². The topological polar surface area (TPSA) is 32.7 Å². The van der Waals surface area contributed by atoms with E-state index >= 15 is 0 Å². The molecule has 0 spiro atoms. The Balaban J connectivity index is 2.30. The molecule has 1 unspecified atom stereocenters. The van der Waals surface area contributed by atoms with E-state index in [-0.39, 0.29) is 11.8 Å². The van der Waals surface area contributed by atoms with Crippen molar-refractivity contribution in [3.8, 4) is 0 Å². The summed E-state index contributed by atoms with van der Waals surface area (Å²) in [4.78, 5) is 17.9. The Hall–Kier alpha value is -1.64. The smallest absolute Gasteiger partial charge is 0.237 e. The van der Waals surface area contributed by atoms with Crippen LogP contribution in [0.3, 0.4) is 0 Å². The molecule has 3 nitrogen and oxygen atoms in total. The first kappa shape index (κ1) is 9.90. The first-order chi connectivity index (χ1) is 7.20. The van der Waals surface area contributed by atoms with E-state index in [1.807, 2.05) is 37.3 Å². The molecule has 0 N–H and O–H groups in total. The molecule has 0 aliphatic carbocycles. The lowest BCUT2D eigenvalue weighted by molar-refractivity contribution is -0.128. The summed E-state index contributed by atoms with van der Waals surface area (Å²) in [6.45, 7) is 2.43. The zero-order valence-electron chi connectivity index (χ0n) is 8.97. The van der Waals surface area contributed by atoms with Crippen LogP contribution in [-0.4, -0.2) is 30.2 Å². The number of nitrogens with zero attached hydrogens (tertiary/aromatic N) is 2. The fraction of sp³-hybridized carbons (Fsp3) is 0.333. The highest BCUT2D eigenvalue weighted by Crippen LogP contribution is 2.21. The molecule has 0 fully saturated rings. The van der Waals surface area contributed by atoms with Crippen LogP contribution in [0.5, 0.6) is 0 Å². The van der Waals surface area contributed by atoms with E-state index < -0.39 is 0 Å². The van der Waals surface area contributed by atoms with Gasteiger partial charge in [-0.25, -0.2) is 0 Å². The maximum atomic E-state index is 12.0. The number of hydrogen-bond donors (Lipinski definition) is 0. The molecule has 0 saturated heterocycles. The van der Waals surface area contributed by atoms with Gasteiger partial charge in [0.25, 0.3) is 0 Å². The number of hydrogen-bond acceptors (Lipinski definition) is 2. The third kappa shape index (κ3) is 1.77. The molecule has 0 bridgehead atoms. The molecule has 1 aliphatic heterocycles. The van der Waals surface area contributed by atoms with Gasteiger partial charge in [0.2, 0.25) is 5.91 Å². The maximum Gasteiger partial charge on any atom is 0.237 e. The summed E-state index contributed by atoms with van der Waals surface area (Å²) in [5.74, 6) is 0.820. The minimum atomic E-state index is -0.111. The zero-order chi connectivity index (χ0) is 10.8. The van der Waals surface area contributed by atoms with Crippen LogP contribution in [0.1, 0.15) is 18.4 Å². The largest absolute Gasteiger partial charge is 0.303 e. The Labute approximate surface area is 89.4 Å². The molecule has 0 saturated carbocycles. The van der Waals surface area contributed by atoms with Crippen LogP contribution in [0.15, 0.2) is 35.3 Å². The molecule has 0 radical (unpaired) electrons. The molecule has 1 heterocycles. The first-order valence-electron chi connectivity index (χ1n) is 5.03. The van der Waals surface area contributed by atoms with Gasteiger partial charge in [-0.2, -0.15) is 0 Å². The molecule has 2 rings (SSSR count). The van der Waals surface area contributed by atoms with E-state index in [4.69, 9.17) is 0 Å². The number of rotatable bonds is 1. The second-order valence-electron chi connectivity index (χ2n) is 3.75. The lowest BCUT2D eigenvalue weighted by atomic mass is 9.96. The molecule has 3 heteroatoms. The van der Waals surface area contributed by atoms with E-state index in [0.29, 0.717) is 6.54 Å². The highest BCUT2D eigenvalue weighted by Gasteiger charge is 2.28. The zero-order valence-corrected chi connectivity index (χ0v) is 8.97. The number of carbonyl (C=O) groups is 1. The summed E-state index contributed by atoms with van der Waals surface area (Å²) in [6, 6.07) is 9.82. The highest BCUT2D eigenvalue weighted by atomic mass is 16.2. The van der Waals surface area contributed by atoms with Gasteiger partial charge in [-0.15, -0.1) is 0 Å².